The molecule has 0 aliphatic carbocycles. The zero-order chi connectivity index (χ0) is 17.3. The largest absolute Gasteiger partial charge is 0.331 e. The summed E-state index contributed by atoms with van der Waals surface area (Å²) in [6.07, 6.45) is 0.638. The lowest BCUT2D eigenvalue weighted by Gasteiger charge is -2.14. The van der Waals surface area contributed by atoms with Crippen molar-refractivity contribution in [1.29, 1.82) is 0 Å². The van der Waals surface area contributed by atoms with Crippen LogP contribution in [0.2, 0.25) is 0 Å². The first-order valence-electron chi connectivity index (χ1n) is 7.69. The molecule has 0 saturated heterocycles. The normalized spacial score (nSPS) is 11.1. The summed E-state index contributed by atoms with van der Waals surface area (Å²) in [5.41, 5.74) is 0.136. The molecule has 0 saturated carbocycles. The van der Waals surface area contributed by atoms with Crippen molar-refractivity contribution in [2.45, 2.75) is 26.4 Å². The van der Waals surface area contributed by atoms with E-state index in [9.17, 15) is 18.4 Å². The van der Waals surface area contributed by atoms with Crippen LogP contribution in [-0.4, -0.2) is 9.13 Å². The van der Waals surface area contributed by atoms with Gasteiger partial charge in [-0.15, -0.1) is 0 Å². The molecule has 3 aromatic rings. The molecular weight excluding hydrogens is 314 g/mol. The maximum absolute atomic E-state index is 13.4. The molecule has 0 atom stereocenters. The highest BCUT2D eigenvalue weighted by Gasteiger charge is 2.13. The molecule has 1 heterocycles. The van der Waals surface area contributed by atoms with Gasteiger partial charge in [0.25, 0.3) is 5.56 Å². The molecule has 0 bridgehead atoms. The molecule has 0 spiro atoms. The first-order chi connectivity index (χ1) is 11.5. The number of halogens is 2. The van der Waals surface area contributed by atoms with E-state index in [1.54, 1.807) is 24.3 Å². The summed E-state index contributed by atoms with van der Waals surface area (Å²) in [7, 11) is 0. The van der Waals surface area contributed by atoms with Crippen LogP contribution in [0.5, 0.6) is 0 Å². The van der Waals surface area contributed by atoms with Gasteiger partial charge >= 0.3 is 5.69 Å². The van der Waals surface area contributed by atoms with Gasteiger partial charge in [-0.2, -0.15) is 0 Å². The first-order valence-corrected chi connectivity index (χ1v) is 7.69. The molecule has 4 nitrogen and oxygen atoms in total. The van der Waals surface area contributed by atoms with Crippen LogP contribution >= 0.6 is 0 Å². The Morgan fingerprint density at radius 3 is 2.42 bits per heavy atom. The molecule has 24 heavy (non-hydrogen) atoms. The summed E-state index contributed by atoms with van der Waals surface area (Å²) in [5, 5.41) is 0.424. The van der Waals surface area contributed by atoms with Crippen molar-refractivity contribution in [2.75, 3.05) is 0 Å². The molecular formula is C18H16F2N2O2. The molecule has 0 amide bonds. The second-order valence-electron chi connectivity index (χ2n) is 5.59. The molecule has 1 aromatic heterocycles. The van der Waals surface area contributed by atoms with Gasteiger partial charge in [0, 0.05) is 6.54 Å². The van der Waals surface area contributed by atoms with Gasteiger partial charge in [-0.25, -0.2) is 13.6 Å². The Balaban J connectivity index is 2.24. The average Bonchev–Trinajstić information content (AvgIpc) is 2.58. The minimum absolute atomic E-state index is 0.0561. The van der Waals surface area contributed by atoms with E-state index in [-0.39, 0.29) is 12.1 Å². The summed E-state index contributed by atoms with van der Waals surface area (Å²) in [5.74, 6) is -1.90. The van der Waals surface area contributed by atoms with Crippen molar-refractivity contribution in [1.82, 2.24) is 9.13 Å². The lowest BCUT2D eigenvalue weighted by atomic mass is 10.2. The Morgan fingerprint density at radius 1 is 0.958 bits per heavy atom. The zero-order valence-corrected chi connectivity index (χ0v) is 13.1. The van der Waals surface area contributed by atoms with Crippen molar-refractivity contribution in [3.63, 3.8) is 0 Å². The van der Waals surface area contributed by atoms with Crippen molar-refractivity contribution in [3.8, 4) is 0 Å². The van der Waals surface area contributed by atoms with E-state index in [2.05, 4.69) is 0 Å². The van der Waals surface area contributed by atoms with E-state index in [1.165, 1.54) is 15.2 Å². The molecule has 0 N–H and O–H groups in total. The van der Waals surface area contributed by atoms with Crippen LogP contribution in [0.3, 0.4) is 0 Å². The van der Waals surface area contributed by atoms with E-state index in [1.807, 2.05) is 6.92 Å². The fraction of sp³-hybridized carbons (Fsp3) is 0.222. The maximum Gasteiger partial charge on any atom is 0.331 e. The van der Waals surface area contributed by atoms with Crippen LogP contribution in [0.15, 0.2) is 52.1 Å². The van der Waals surface area contributed by atoms with Crippen molar-refractivity contribution in [2.24, 2.45) is 0 Å². The minimum Gasteiger partial charge on any atom is -0.289 e. The van der Waals surface area contributed by atoms with E-state index in [4.69, 9.17) is 0 Å². The van der Waals surface area contributed by atoms with Gasteiger partial charge in [0.05, 0.1) is 17.4 Å². The molecule has 0 fully saturated rings. The van der Waals surface area contributed by atoms with Crippen LogP contribution in [0.4, 0.5) is 8.78 Å². The molecule has 3 rings (SSSR count). The highest BCUT2D eigenvalue weighted by molar-refractivity contribution is 5.77. The lowest BCUT2D eigenvalue weighted by molar-refractivity contribution is 0.505. The Bertz CT molecular complexity index is 1020. The van der Waals surface area contributed by atoms with Gasteiger partial charge in [0.15, 0.2) is 11.6 Å². The standard InChI is InChI=1S/C18H16F2N2O2/c1-2-9-21-17(23)13-5-3-4-6-16(13)22(18(21)24)11-12-7-8-14(19)15(20)10-12/h3-8,10H,2,9,11H2,1H3. The highest BCUT2D eigenvalue weighted by atomic mass is 19.2. The van der Waals surface area contributed by atoms with Crippen LogP contribution in [0, 0.1) is 11.6 Å². The SMILES string of the molecule is CCCn1c(=O)c2ccccc2n(Cc2ccc(F)c(F)c2)c1=O. The van der Waals surface area contributed by atoms with Gasteiger partial charge in [-0.1, -0.05) is 25.1 Å². The third-order valence-electron chi connectivity index (χ3n) is 3.90. The van der Waals surface area contributed by atoms with E-state index in [0.29, 0.717) is 29.4 Å². The zero-order valence-electron chi connectivity index (χ0n) is 13.1. The molecule has 0 aliphatic rings. The molecule has 2 aromatic carbocycles. The van der Waals surface area contributed by atoms with E-state index < -0.39 is 17.3 Å². The van der Waals surface area contributed by atoms with Gasteiger partial charge < -0.3 is 0 Å². The van der Waals surface area contributed by atoms with Crippen molar-refractivity contribution >= 4 is 10.9 Å². The lowest BCUT2D eigenvalue weighted by Crippen LogP contribution is -2.40. The molecule has 124 valence electrons. The average molecular weight is 330 g/mol. The summed E-state index contributed by atoms with van der Waals surface area (Å²) < 4.78 is 29.1. The third kappa shape index (κ3) is 2.75. The third-order valence-corrected chi connectivity index (χ3v) is 3.90. The topological polar surface area (TPSA) is 44.0 Å². The Labute approximate surface area is 136 Å². The Kier molecular flexibility index (Phi) is 4.29. The van der Waals surface area contributed by atoms with Gasteiger partial charge in [-0.05, 0) is 36.2 Å². The molecule has 0 radical (unpaired) electrons. The second kappa shape index (κ2) is 6.39. The van der Waals surface area contributed by atoms with Crippen LogP contribution < -0.4 is 11.2 Å². The second-order valence-corrected chi connectivity index (χ2v) is 5.59. The monoisotopic (exact) mass is 330 g/mol. The number of nitrogens with zero attached hydrogens (tertiary/aromatic N) is 2. The smallest absolute Gasteiger partial charge is 0.289 e. The number of para-hydroxylation sites is 1. The predicted molar refractivity (Wildman–Crippen MR) is 88.2 cm³/mol. The van der Waals surface area contributed by atoms with Crippen molar-refractivity contribution in [3.05, 3.63) is 80.5 Å². The quantitative estimate of drug-likeness (QED) is 0.738. The number of fused-ring (bicyclic) bond motifs is 1. The summed E-state index contributed by atoms with van der Waals surface area (Å²) in [6, 6.07) is 10.3. The fourth-order valence-corrected chi connectivity index (χ4v) is 2.77. The molecule has 6 heteroatoms. The first kappa shape index (κ1) is 16.1. The van der Waals surface area contributed by atoms with Crippen molar-refractivity contribution < 1.29 is 8.78 Å². The minimum atomic E-state index is -0.966. The van der Waals surface area contributed by atoms with Crippen LogP contribution in [0.25, 0.3) is 10.9 Å². The summed E-state index contributed by atoms with van der Waals surface area (Å²) in [6.45, 7) is 2.24. The summed E-state index contributed by atoms with van der Waals surface area (Å²) in [4.78, 5) is 25.2. The fourth-order valence-electron chi connectivity index (χ4n) is 2.77. The van der Waals surface area contributed by atoms with Gasteiger partial charge in [0.1, 0.15) is 0 Å². The number of hydrogen-bond donors (Lipinski definition) is 0. The van der Waals surface area contributed by atoms with Crippen LogP contribution in [-0.2, 0) is 13.1 Å². The number of hydrogen-bond acceptors (Lipinski definition) is 2. The van der Waals surface area contributed by atoms with E-state index in [0.717, 1.165) is 12.1 Å². The maximum atomic E-state index is 13.4. The van der Waals surface area contributed by atoms with Crippen LogP contribution in [0.1, 0.15) is 18.9 Å². The number of aromatic nitrogens is 2. The van der Waals surface area contributed by atoms with Gasteiger partial charge in [0.2, 0.25) is 0 Å². The Hall–Kier alpha value is -2.76. The number of rotatable bonds is 4. The summed E-state index contributed by atoms with van der Waals surface area (Å²) >= 11 is 0. The van der Waals surface area contributed by atoms with Gasteiger partial charge in [-0.3, -0.25) is 13.9 Å². The number of benzene rings is 2. The Morgan fingerprint density at radius 2 is 1.71 bits per heavy atom. The molecule has 0 unspecified atom stereocenters. The molecule has 0 aliphatic heterocycles. The van der Waals surface area contributed by atoms with E-state index >= 15 is 0 Å². The predicted octanol–water partition coefficient (Wildman–Crippen LogP) is 2.90. The highest BCUT2D eigenvalue weighted by Crippen LogP contribution is 2.13.